The van der Waals surface area contributed by atoms with Crippen molar-refractivity contribution in [1.82, 2.24) is 10.2 Å². The molecule has 5 nitrogen and oxygen atoms in total. The number of anilines is 1. The summed E-state index contributed by atoms with van der Waals surface area (Å²) in [5, 5.41) is 5.63. The Morgan fingerprint density at radius 1 is 1.50 bits per heavy atom. The highest BCUT2D eigenvalue weighted by molar-refractivity contribution is 5.99. The third kappa shape index (κ3) is 2.68. The van der Waals surface area contributed by atoms with Crippen LogP contribution in [0.15, 0.2) is 18.2 Å². The van der Waals surface area contributed by atoms with Crippen LogP contribution in [0.2, 0.25) is 0 Å². The lowest BCUT2D eigenvalue weighted by Gasteiger charge is -2.17. The summed E-state index contributed by atoms with van der Waals surface area (Å²) in [7, 11) is 3.52. The molecule has 0 aliphatic carbocycles. The summed E-state index contributed by atoms with van der Waals surface area (Å²) in [6.45, 7) is 0.892. The normalized spacial score (nSPS) is 13.1. The monoisotopic (exact) mass is 247 g/mol. The third-order valence-electron chi connectivity index (χ3n) is 2.97. The molecule has 0 aromatic heterocycles. The van der Waals surface area contributed by atoms with E-state index < -0.39 is 0 Å². The van der Waals surface area contributed by atoms with Crippen molar-refractivity contribution in [2.45, 2.75) is 13.0 Å². The minimum absolute atomic E-state index is 0.0294. The Labute approximate surface area is 106 Å². The first-order chi connectivity index (χ1) is 8.60. The predicted molar refractivity (Wildman–Crippen MR) is 69.2 cm³/mol. The van der Waals surface area contributed by atoms with E-state index in [9.17, 15) is 9.59 Å². The molecular weight excluding hydrogens is 230 g/mol. The van der Waals surface area contributed by atoms with Crippen LogP contribution in [0.1, 0.15) is 11.1 Å². The van der Waals surface area contributed by atoms with Crippen LogP contribution in [-0.4, -0.2) is 37.4 Å². The van der Waals surface area contributed by atoms with Gasteiger partial charge in [0.15, 0.2) is 0 Å². The second kappa shape index (κ2) is 5.18. The van der Waals surface area contributed by atoms with Crippen molar-refractivity contribution < 1.29 is 9.59 Å². The van der Waals surface area contributed by atoms with Gasteiger partial charge in [0.05, 0.1) is 13.0 Å². The summed E-state index contributed by atoms with van der Waals surface area (Å²) in [6.07, 6.45) is 0.428. The molecule has 0 bridgehead atoms. The average molecular weight is 247 g/mol. The summed E-state index contributed by atoms with van der Waals surface area (Å²) in [4.78, 5) is 24.5. The van der Waals surface area contributed by atoms with Gasteiger partial charge >= 0.3 is 0 Å². The third-order valence-corrected chi connectivity index (χ3v) is 2.97. The second-order valence-corrected chi connectivity index (χ2v) is 4.50. The molecule has 0 fully saturated rings. The van der Waals surface area contributed by atoms with E-state index in [-0.39, 0.29) is 11.8 Å². The minimum Gasteiger partial charge on any atom is -0.340 e. The van der Waals surface area contributed by atoms with Crippen molar-refractivity contribution in [2.24, 2.45) is 0 Å². The van der Waals surface area contributed by atoms with Gasteiger partial charge in [-0.3, -0.25) is 9.59 Å². The van der Waals surface area contributed by atoms with Crippen molar-refractivity contribution in [3.05, 3.63) is 29.3 Å². The number of hydrogen-bond donors (Lipinski definition) is 2. The molecule has 2 amide bonds. The lowest BCUT2D eigenvalue weighted by molar-refractivity contribution is -0.129. The Kier molecular flexibility index (Phi) is 3.62. The lowest BCUT2D eigenvalue weighted by atomic mass is 10.1. The fourth-order valence-corrected chi connectivity index (χ4v) is 2.03. The quantitative estimate of drug-likeness (QED) is 0.807. The predicted octanol–water partition coefficient (Wildman–Crippen LogP) is 0.359. The van der Waals surface area contributed by atoms with Gasteiger partial charge in [-0.15, -0.1) is 0 Å². The molecule has 0 radical (unpaired) electrons. The number of nitrogens with zero attached hydrogens (tertiary/aromatic N) is 1. The molecule has 0 unspecified atom stereocenters. The van der Waals surface area contributed by atoms with Crippen LogP contribution in [0.4, 0.5) is 5.69 Å². The van der Waals surface area contributed by atoms with Crippen LogP contribution >= 0.6 is 0 Å². The summed E-state index contributed by atoms with van der Waals surface area (Å²) in [5.74, 6) is 0.0777. The van der Waals surface area contributed by atoms with E-state index in [1.165, 1.54) is 0 Å². The van der Waals surface area contributed by atoms with Gasteiger partial charge in [-0.25, -0.2) is 0 Å². The van der Waals surface area contributed by atoms with Gasteiger partial charge in [0, 0.05) is 19.3 Å². The van der Waals surface area contributed by atoms with E-state index in [1.54, 1.807) is 19.0 Å². The largest absolute Gasteiger partial charge is 0.340 e. The van der Waals surface area contributed by atoms with Crippen LogP contribution in [0.25, 0.3) is 0 Å². The highest BCUT2D eigenvalue weighted by atomic mass is 16.2. The Morgan fingerprint density at radius 2 is 2.28 bits per heavy atom. The van der Waals surface area contributed by atoms with Gasteiger partial charge in [0.2, 0.25) is 11.8 Å². The molecule has 0 saturated heterocycles. The van der Waals surface area contributed by atoms with Crippen molar-refractivity contribution in [3.8, 4) is 0 Å². The molecule has 0 spiro atoms. The molecule has 2 N–H and O–H groups in total. The number of carbonyl (C=O) groups excluding carboxylic acids is 2. The topological polar surface area (TPSA) is 61.4 Å². The van der Waals surface area contributed by atoms with Crippen molar-refractivity contribution >= 4 is 17.5 Å². The highest BCUT2D eigenvalue weighted by Crippen LogP contribution is 2.24. The van der Waals surface area contributed by atoms with Crippen molar-refractivity contribution in [2.75, 3.05) is 26.0 Å². The number of likely N-dealkylation sites (N-methyl/N-ethyl adjacent to an activating group) is 2. The van der Waals surface area contributed by atoms with Crippen LogP contribution in [0.5, 0.6) is 0 Å². The van der Waals surface area contributed by atoms with E-state index in [1.807, 2.05) is 18.2 Å². The maximum absolute atomic E-state index is 11.6. The van der Waals surface area contributed by atoms with E-state index in [0.717, 1.165) is 16.8 Å². The zero-order valence-electron chi connectivity index (χ0n) is 10.6. The molecule has 1 aliphatic rings. The Bertz CT molecular complexity index is 485. The number of rotatable bonds is 4. The van der Waals surface area contributed by atoms with Gasteiger partial charge in [0.1, 0.15) is 0 Å². The molecule has 0 atom stereocenters. The molecule has 18 heavy (non-hydrogen) atoms. The van der Waals surface area contributed by atoms with Gasteiger partial charge in [-0.1, -0.05) is 12.1 Å². The van der Waals surface area contributed by atoms with E-state index >= 15 is 0 Å². The maximum atomic E-state index is 11.6. The van der Waals surface area contributed by atoms with Crippen LogP contribution in [0, 0.1) is 0 Å². The summed E-state index contributed by atoms with van der Waals surface area (Å²) >= 11 is 0. The first kappa shape index (κ1) is 12.6. The Hall–Kier alpha value is -1.88. The van der Waals surface area contributed by atoms with E-state index in [2.05, 4.69) is 10.6 Å². The number of fused-ring (bicyclic) bond motifs is 1. The molecule has 5 heteroatoms. The SMILES string of the molecule is CNCC(=O)N(C)Cc1ccc2c(c1)CC(=O)N2. The molecule has 1 aromatic rings. The van der Waals surface area contributed by atoms with Gasteiger partial charge in [0.25, 0.3) is 0 Å². The van der Waals surface area contributed by atoms with Crippen LogP contribution in [0.3, 0.4) is 0 Å². The summed E-state index contributed by atoms with van der Waals surface area (Å²) < 4.78 is 0. The van der Waals surface area contributed by atoms with E-state index in [4.69, 9.17) is 0 Å². The van der Waals surface area contributed by atoms with Crippen molar-refractivity contribution in [3.63, 3.8) is 0 Å². The number of amides is 2. The molecule has 2 rings (SSSR count). The van der Waals surface area contributed by atoms with E-state index in [0.29, 0.717) is 19.5 Å². The van der Waals surface area contributed by atoms with Gasteiger partial charge in [-0.2, -0.15) is 0 Å². The highest BCUT2D eigenvalue weighted by Gasteiger charge is 2.18. The number of hydrogen-bond acceptors (Lipinski definition) is 3. The average Bonchev–Trinajstić information content (AvgIpc) is 2.68. The summed E-state index contributed by atoms with van der Waals surface area (Å²) in [6, 6.07) is 5.82. The minimum atomic E-state index is 0.0294. The van der Waals surface area contributed by atoms with Gasteiger partial charge in [-0.05, 0) is 24.2 Å². The molecule has 1 heterocycles. The fraction of sp³-hybridized carbons (Fsp3) is 0.385. The maximum Gasteiger partial charge on any atom is 0.236 e. The standard InChI is InChI=1S/C13H17N3O2/c1-14-7-13(18)16(2)8-9-3-4-11-10(5-9)6-12(17)15-11/h3-5,14H,6-8H2,1-2H3,(H,15,17). The molecular formula is C13H17N3O2. The Morgan fingerprint density at radius 3 is 3.00 bits per heavy atom. The fourth-order valence-electron chi connectivity index (χ4n) is 2.03. The van der Waals surface area contributed by atoms with Crippen LogP contribution < -0.4 is 10.6 Å². The first-order valence-electron chi connectivity index (χ1n) is 5.90. The lowest BCUT2D eigenvalue weighted by Crippen LogP contribution is -2.33. The molecule has 1 aromatic carbocycles. The number of carbonyl (C=O) groups is 2. The molecule has 0 saturated carbocycles. The molecule has 96 valence electrons. The number of benzene rings is 1. The number of nitrogens with one attached hydrogen (secondary N) is 2. The zero-order valence-corrected chi connectivity index (χ0v) is 10.6. The first-order valence-corrected chi connectivity index (χ1v) is 5.90. The van der Waals surface area contributed by atoms with Crippen molar-refractivity contribution in [1.29, 1.82) is 0 Å². The van der Waals surface area contributed by atoms with Crippen LogP contribution in [-0.2, 0) is 22.6 Å². The second-order valence-electron chi connectivity index (χ2n) is 4.50. The molecule has 1 aliphatic heterocycles. The van der Waals surface area contributed by atoms with Gasteiger partial charge < -0.3 is 15.5 Å². The smallest absolute Gasteiger partial charge is 0.236 e. The zero-order chi connectivity index (χ0) is 13.1. The summed E-state index contributed by atoms with van der Waals surface area (Å²) in [5.41, 5.74) is 2.93. The Balaban J connectivity index is 2.05.